The molecule has 4 nitrogen and oxygen atoms in total. The number of carbonyl (C=O) groups excluding carboxylic acids is 1. The SMILES string of the molecule is CC(=O)NCCC#Cc1ccc(/C=C/C(=O)O)cc1. The van der Waals surface area contributed by atoms with Gasteiger partial charge in [0.05, 0.1) is 0 Å². The molecule has 98 valence electrons. The Morgan fingerprint density at radius 2 is 2.00 bits per heavy atom. The summed E-state index contributed by atoms with van der Waals surface area (Å²) in [5.41, 5.74) is 1.67. The first kappa shape index (κ1) is 14.5. The number of hydrogen-bond donors (Lipinski definition) is 2. The molecule has 0 aromatic heterocycles. The molecule has 0 spiro atoms. The molecule has 1 aromatic carbocycles. The predicted molar refractivity (Wildman–Crippen MR) is 73.3 cm³/mol. The van der Waals surface area contributed by atoms with Crippen LogP contribution in [0.15, 0.2) is 30.3 Å². The van der Waals surface area contributed by atoms with Crippen molar-refractivity contribution in [2.45, 2.75) is 13.3 Å². The number of carbonyl (C=O) groups is 2. The Labute approximate surface area is 112 Å². The monoisotopic (exact) mass is 257 g/mol. The third kappa shape index (κ3) is 6.69. The van der Waals surface area contributed by atoms with Crippen molar-refractivity contribution in [2.24, 2.45) is 0 Å². The van der Waals surface area contributed by atoms with Crippen LogP contribution in [-0.2, 0) is 9.59 Å². The minimum absolute atomic E-state index is 0.0589. The number of benzene rings is 1. The average molecular weight is 257 g/mol. The molecule has 0 saturated carbocycles. The van der Waals surface area contributed by atoms with E-state index in [0.717, 1.165) is 17.2 Å². The minimum Gasteiger partial charge on any atom is -0.478 e. The molecule has 4 heteroatoms. The van der Waals surface area contributed by atoms with Crippen LogP contribution in [0.3, 0.4) is 0 Å². The predicted octanol–water partition coefficient (Wildman–Crippen LogP) is 1.66. The van der Waals surface area contributed by atoms with E-state index in [1.165, 1.54) is 13.0 Å². The maximum atomic E-state index is 10.6. The highest BCUT2D eigenvalue weighted by Crippen LogP contribution is 2.05. The minimum atomic E-state index is -0.971. The fourth-order valence-electron chi connectivity index (χ4n) is 1.31. The van der Waals surface area contributed by atoms with Gasteiger partial charge >= 0.3 is 5.97 Å². The Morgan fingerprint density at radius 1 is 1.32 bits per heavy atom. The molecule has 1 aromatic rings. The molecule has 0 heterocycles. The van der Waals surface area contributed by atoms with Gasteiger partial charge in [-0.3, -0.25) is 4.79 Å². The van der Waals surface area contributed by atoms with Crippen LogP contribution in [0.5, 0.6) is 0 Å². The average Bonchev–Trinajstić information content (AvgIpc) is 2.37. The quantitative estimate of drug-likeness (QED) is 0.490. The van der Waals surface area contributed by atoms with E-state index in [1.807, 2.05) is 12.1 Å². The van der Waals surface area contributed by atoms with E-state index in [1.54, 1.807) is 12.1 Å². The summed E-state index contributed by atoms with van der Waals surface area (Å²) in [5.74, 6) is 4.89. The number of amides is 1. The van der Waals surface area contributed by atoms with Crippen LogP contribution in [0.4, 0.5) is 0 Å². The fourth-order valence-corrected chi connectivity index (χ4v) is 1.31. The van der Waals surface area contributed by atoms with E-state index in [9.17, 15) is 9.59 Å². The summed E-state index contributed by atoms with van der Waals surface area (Å²) in [4.78, 5) is 21.0. The van der Waals surface area contributed by atoms with Crippen LogP contribution < -0.4 is 5.32 Å². The summed E-state index contributed by atoms with van der Waals surface area (Å²) in [5, 5.41) is 11.2. The summed E-state index contributed by atoms with van der Waals surface area (Å²) in [6.45, 7) is 2.01. The van der Waals surface area contributed by atoms with Crippen LogP contribution in [0.25, 0.3) is 6.08 Å². The van der Waals surface area contributed by atoms with Crippen LogP contribution in [0.1, 0.15) is 24.5 Å². The second-order valence-electron chi connectivity index (χ2n) is 3.83. The van der Waals surface area contributed by atoms with Crippen LogP contribution in [0, 0.1) is 11.8 Å². The van der Waals surface area contributed by atoms with Crippen molar-refractivity contribution >= 4 is 18.0 Å². The van der Waals surface area contributed by atoms with Gasteiger partial charge in [-0.05, 0) is 23.8 Å². The molecule has 0 radical (unpaired) electrons. The molecule has 2 N–H and O–H groups in total. The number of rotatable bonds is 4. The molecule has 0 atom stereocenters. The van der Waals surface area contributed by atoms with E-state index < -0.39 is 5.97 Å². The lowest BCUT2D eigenvalue weighted by Crippen LogP contribution is -2.20. The largest absolute Gasteiger partial charge is 0.478 e. The molecule has 0 unspecified atom stereocenters. The molecule has 0 aliphatic heterocycles. The maximum absolute atomic E-state index is 10.6. The maximum Gasteiger partial charge on any atom is 0.328 e. The van der Waals surface area contributed by atoms with Gasteiger partial charge in [-0.2, -0.15) is 0 Å². The third-order valence-corrected chi connectivity index (χ3v) is 2.19. The molecule has 0 saturated heterocycles. The van der Waals surface area contributed by atoms with Crippen LogP contribution in [-0.4, -0.2) is 23.5 Å². The third-order valence-electron chi connectivity index (χ3n) is 2.19. The van der Waals surface area contributed by atoms with Crippen LogP contribution >= 0.6 is 0 Å². The summed E-state index contributed by atoms with van der Waals surface area (Å²) in [6, 6.07) is 7.26. The lowest BCUT2D eigenvalue weighted by Gasteiger charge is -1.95. The van der Waals surface area contributed by atoms with Crippen LogP contribution in [0.2, 0.25) is 0 Å². The Hall–Kier alpha value is -2.54. The van der Waals surface area contributed by atoms with Gasteiger partial charge in [0.2, 0.25) is 5.91 Å². The number of nitrogens with one attached hydrogen (secondary N) is 1. The van der Waals surface area contributed by atoms with Crippen molar-refractivity contribution in [3.8, 4) is 11.8 Å². The Kier molecular flexibility index (Phi) is 5.90. The molecule has 0 aliphatic rings. The van der Waals surface area contributed by atoms with Crippen molar-refractivity contribution in [1.29, 1.82) is 0 Å². The zero-order chi connectivity index (χ0) is 14.1. The fraction of sp³-hybridized carbons (Fsp3) is 0.200. The highest BCUT2D eigenvalue weighted by atomic mass is 16.4. The molecule has 1 amide bonds. The lowest BCUT2D eigenvalue weighted by molar-refractivity contribution is -0.131. The number of hydrogen-bond acceptors (Lipinski definition) is 2. The summed E-state index contributed by atoms with van der Waals surface area (Å²) in [7, 11) is 0. The van der Waals surface area contributed by atoms with E-state index in [0.29, 0.717) is 13.0 Å². The van der Waals surface area contributed by atoms with Crippen molar-refractivity contribution in [3.63, 3.8) is 0 Å². The van der Waals surface area contributed by atoms with Gasteiger partial charge in [0.1, 0.15) is 0 Å². The molecule has 0 bridgehead atoms. The van der Waals surface area contributed by atoms with Crippen molar-refractivity contribution in [2.75, 3.05) is 6.54 Å². The number of carboxylic acid groups (broad SMARTS) is 1. The van der Waals surface area contributed by atoms with E-state index in [2.05, 4.69) is 17.2 Å². The molecular weight excluding hydrogens is 242 g/mol. The van der Waals surface area contributed by atoms with Crippen molar-refractivity contribution < 1.29 is 14.7 Å². The smallest absolute Gasteiger partial charge is 0.328 e. The zero-order valence-electron chi connectivity index (χ0n) is 10.6. The molecule has 0 fully saturated rings. The van der Waals surface area contributed by atoms with Crippen molar-refractivity contribution in [3.05, 3.63) is 41.5 Å². The molecular formula is C15H15NO3. The Morgan fingerprint density at radius 3 is 2.58 bits per heavy atom. The van der Waals surface area contributed by atoms with Gasteiger partial charge in [-0.1, -0.05) is 24.0 Å². The van der Waals surface area contributed by atoms with E-state index >= 15 is 0 Å². The normalized spacial score (nSPS) is 9.74. The highest BCUT2D eigenvalue weighted by Gasteiger charge is 1.91. The Balaban J connectivity index is 2.50. The second-order valence-corrected chi connectivity index (χ2v) is 3.83. The molecule has 1 rings (SSSR count). The summed E-state index contributed by atoms with van der Waals surface area (Å²) < 4.78 is 0. The van der Waals surface area contributed by atoms with Gasteiger partial charge in [-0.15, -0.1) is 0 Å². The first-order valence-electron chi connectivity index (χ1n) is 5.82. The lowest BCUT2D eigenvalue weighted by atomic mass is 10.1. The first-order chi connectivity index (χ1) is 9.08. The van der Waals surface area contributed by atoms with E-state index in [4.69, 9.17) is 5.11 Å². The number of carboxylic acids is 1. The van der Waals surface area contributed by atoms with Gasteiger partial charge in [0.25, 0.3) is 0 Å². The van der Waals surface area contributed by atoms with Crippen molar-refractivity contribution in [1.82, 2.24) is 5.32 Å². The number of aliphatic carboxylic acids is 1. The van der Waals surface area contributed by atoms with Gasteiger partial charge < -0.3 is 10.4 Å². The van der Waals surface area contributed by atoms with Gasteiger partial charge in [0, 0.05) is 31.5 Å². The highest BCUT2D eigenvalue weighted by molar-refractivity contribution is 5.85. The van der Waals surface area contributed by atoms with E-state index in [-0.39, 0.29) is 5.91 Å². The standard InChI is InChI=1S/C15H15NO3/c1-12(17)16-11-3-2-4-13-5-7-14(8-6-13)9-10-15(18)19/h5-10H,3,11H2,1H3,(H,16,17)(H,18,19)/b10-9+. The van der Waals surface area contributed by atoms with Gasteiger partial charge in [0.15, 0.2) is 0 Å². The topological polar surface area (TPSA) is 66.4 Å². The molecule has 19 heavy (non-hydrogen) atoms. The molecule has 0 aliphatic carbocycles. The summed E-state index contributed by atoms with van der Waals surface area (Å²) in [6.07, 6.45) is 3.21. The Bertz CT molecular complexity index is 533. The zero-order valence-corrected chi connectivity index (χ0v) is 10.6. The summed E-state index contributed by atoms with van der Waals surface area (Å²) >= 11 is 0. The second kappa shape index (κ2) is 7.72. The first-order valence-corrected chi connectivity index (χ1v) is 5.82. The van der Waals surface area contributed by atoms with Gasteiger partial charge in [-0.25, -0.2) is 4.79 Å².